The van der Waals surface area contributed by atoms with Gasteiger partial charge in [-0.3, -0.25) is 5.32 Å². The van der Waals surface area contributed by atoms with Gasteiger partial charge in [0.2, 0.25) is 0 Å². The summed E-state index contributed by atoms with van der Waals surface area (Å²) in [5.74, 6) is -0.137. The summed E-state index contributed by atoms with van der Waals surface area (Å²) in [7, 11) is 0. The number of carboxylic acid groups (broad SMARTS) is 1. The number of nitrogens with one attached hydrogen (secondary N) is 1. The fraction of sp³-hybridized carbons (Fsp3) is 0. The molecule has 0 bridgehead atoms. The molecule has 0 radical (unpaired) electrons. The van der Waals surface area contributed by atoms with Crippen LogP contribution in [-0.2, 0) is 0 Å². The van der Waals surface area contributed by atoms with Crippen LogP contribution < -0.4 is 10.4 Å². The van der Waals surface area contributed by atoms with Crippen LogP contribution in [0.5, 0.6) is 5.75 Å². The second kappa shape index (κ2) is 3.49. The van der Waals surface area contributed by atoms with Gasteiger partial charge in [-0.1, -0.05) is 30.3 Å². The molecule has 0 aliphatic heterocycles. The first kappa shape index (κ1) is 9.33. The summed E-state index contributed by atoms with van der Waals surface area (Å²) in [5, 5.41) is 23.5. The summed E-state index contributed by atoms with van der Waals surface area (Å²) in [6.07, 6.45) is -1.14. The second-order valence-electron chi connectivity index (χ2n) is 3.12. The van der Waals surface area contributed by atoms with E-state index >= 15 is 0 Å². The standard InChI is InChI=1S/C11H9NO3/c13-8-5-4-7-2-1-3-10(9(7)6-8)12-11(14)15/h1-6,12-13H,(H,14,15)/p-1. The van der Waals surface area contributed by atoms with Crippen LogP contribution in [0.15, 0.2) is 36.4 Å². The molecule has 0 aliphatic rings. The van der Waals surface area contributed by atoms with Gasteiger partial charge in [0.05, 0.1) is 5.69 Å². The molecule has 0 unspecified atom stereocenters. The van der Waals surface area contributed by atoms with Crippen LogP contribution in [0.2, 0.25) is 0 Å². The van der Waals surface area contributed by atoms with Crippen LogP contribution in [0.25, 0.3) is 10.8 Å². The first-order chi connectivity index (χ1) is 7.16. The third-order valence-corrected chi connectivity index (χ3v) is 2.10. The predicted octanol–water partition coefficient (Wildman–Crippen LogP) is 2.00. The Bertz CT molecular complexity index is 522. The Hall–Kier alpha value is -2.23. The zero-order chi connectivity index (χ0) is 10.8. The molecule has 15 heavy (non-hydrogen) atoms. The summed E-state index contributed by atoms with van der Waals surface area (Å²) < 4.78 is 0. The van der Waals surface area contributed by atoms with E-state index in [-0.39, 0.29) is 5.75 Å². The van der Waals surface area contributed by atoms with Crippen molar-refractivity contribution >= 4 is 22.6 Å². The van der Waals surface area contributed by atoms with Gasteiger partial charge in [0, 0.05) is 5.39 Å². The van der Waals surface area contributed by atoms with E-state index in [0.717, 1.165) is 5.39 Å². The molecule has 4 heteroatoms. The number of carbonyl (C=O) groups is 1. The Morgan fingerprint density at radius 2 is 2.07 bits per heavy atom. The number of anilines is 1. The maximum absolute atomic E-state index is 11.1. The molecule has 0 atom stereocenters. The van der Waals surface area contributed by atoms with E-state index in [1.54, 1.807) is 18.2 Å². The fourth-order valence-corrected chi connectivity index (χ4v) is 1.48. The lowest BCUT2D eigenvalue weighted by Gasteiger charge is -2.10. The van der Waals surface area contributed by atoms with Gasteiger partial charge < -0.3 is 10.2 Å². The molecule has 2 N–H and O–H groups in total. The molecule has 0 saturated heterocycles. The van der Waals surface area contributed by atoms with Crippen molar-refractivity contribution in [3.8, 4) is 5.75 Å². The maximum atomic E-state index is 11.1. The lowest BCUT2D eigenvalue weighted by molar-refractivity contribution is -0.268. The molecule has 76 valence electrons. The highest BCUT2D eigenvalue weighted by atomic mass is 16.4. The highest BCUT2D eigenvalue weighted by Gasteiger charge is 2.02. The maximum Gasteiger partial charge on any atom is 0.409 e. The van der Waals surface area contributed by atoms with Gasteiger partial charge in [-0.15, -0.1) is 5.75 Å². The van der Waals surface area contributed by atoms with Gasteiger partial charge >= 0.3 is 6.09 Å². The lowest BCUT2D eigenvalue weighted by atomic mass is 10.1. The van der Waals surface area contributed by atoms with Crippen LogP contribution in [-0.4, -0.2) is 11.2 Å². The monoisotopic (exact) mass is 202 g/mol. The predicted molar refractivity (Wildman–Crippen MR) is 55.0 cm³/mol. The summed E-state index contributed by atoms with van der Waals surface area (Å²) >= 11 is 0. The molecule has 0 spiro atoms. The normalized spacial score (nSPS) is 10.1. The van der Waals surface area contributed by atoms with Crippen LogP contribution in [0.3, 0.4) is 0 Å². The van der Waals surface area contributed by atoms with Crippen LogP contribution in [0.1, 0.15) is 0 Å². The van der Waals surface area contributed by atoms with Crippen LogP contribution in [0.4, 0.5) is 10.5 Å². The molecule has 0 aliphatic carbocycles. The molecule has 2 rings (SSSR count). The molecule has 0 fully saturated rings. The minimum atomic E-state index is -1.14. The molecular weight excluding hydrogens is 194 g/mol. The SMILES string of the molecule is O=C(O)Nc1cccc2ccc([O-])cc12. The smallest absolute Gasteiger partial charge is 0.409 e. The van der Waals surface area contributed by atoms with E-state index in [1.165, 1.54) is 12.1 Å². The first-order valence-electron chi connectivity index (χ1n) is 4.36. The summed E-state index contributed by atoms with van der Waals surface area (Å²) in [4.78, 5) is 10.5. The van der Waals surface area contributed by atoms with Crippen molar-refractivity contribution in [2.75, 3.05) is 5.32 Å². The van der Waals surface area contributed by atoms with E-state index in [0.29, 0.717) is 11.1 Å². The minimum Gasteiger partial charge on any atom is -0.872 e. The largest absolute Gasteiger partial charge is 0.872 e. The van der Waals surface area contributed by atoms with E-state index in [9.17, 15) is 9.90 Å². The summed E-state index contributed by atoms with van der Waals surface area (Å²) in [6, 6.07) is 9.72. The number of benzene rings is 2. The zero-order valence-electron chi connectivity index (χ0n) is 7.73. The average Bonchev–Trinajstić information content (AvgIpc) is 2.18. The van der Waals surface area contributed by atoms with Crippen molar-refractivity contribution in [3.05, 3.63) is 36.4 Å². The molecule has 0 saturated carbocycles. The van der Waals surface area contributed by atoms with Crippen molar-refractivity contribution in [3.63, 3.8) is 0 Å². The molecule has 2 aromatic carbocycles. The van der Waals surface area contributed by atoms with Gasteiger partial charge in [0.15, 0.2) is 0 Å². The van der Waals surface area contributed by atoms with Gasteiger partial charge in [-0.2, -0.15) is 0 Å². The fourth-order valence-electron chi connectivity index (χ4n) is 1.48. The molecule has 1 amide bonds. The third-order valence-electron chi connectivity index (χ3n) is 2.10. The van der Waals surface area contributed by atoms with Crippen molar-refractivity contribution < 1.29 is 15.0 Å². The molecule has 0 heterocycles. The Morgan fingerprint density at radius 3 is 2.80 bits per heavy atom. The Morgan fingerprint density at radius 1 is 1.27 bits per heavy atom. The van der Waals surface area contributed by atoms with Crippen molar-refractivity contribution in [1.29, 1.82) is 0 Å². The molecule has 2 aromatic rings. The Kier molecular flexibility index (Phi) is 2.17. The quantitative estimate of drug-likeness (QED) is 0.742. The molecule has 0 aromatic heterocycles. The van der Waals surface area contributed by atoms with Crippen molar-refractivity contribution in [1.82, 2.24) is 0 Å². The van der Waals surface area contributed by atoms with Gasteiger partial charge in [0.1, 0.15) is 0 Å². The first-order valence-corrected chi connectivity index (χ1v) is 4.36. The Labute approximate surface area is 85.8 Å². The van der Waals surface area contributed by atoms with Crippen molar-refractivity contribution in [2.45, 2.75) is 0 Å². The van der Waals surface area contributed by atoms with E-state index in [2.05, 4.69) is 5.32 Å². The number of hydrogen-bond donors (Lipinski definition) is 2. The topological polar surface area (TPSA) is 72.4 Å². The van der Waals surface area contributed by atoms with Crippen LogP contribution >= 0.6 is 0 Å². The average molecular weight is 202 g/mol. The second-order valence-corrected chi connectivity index (χ2v) is 3.12. The number of fused-ring (bicyclic) bond motifs is 1. The lowest BCUT2D eigenvalue weighted by Crippen LogP contribution is -2.07. The highest BCUT2D eigenvalue weighted by molar-refractivity contribution is 6.00. The molecular formula is C11H8NO3-. The number of amides is 1. The Balaban J connectivity index is 2.63. The minimum absolute atomic E-state index is 0.137. The van der Waals surface area contributed by atoms with E-state index < -0.39 is 6.09 Å². The highest BCUT2D eigenvalue weighted by Crippen LogP contribution is 2.25. The number of rotatable bonds is 1. The number of hydrogen-bond acceptors (Lipinski definition) is 2. The molecule has 4 nitrogen and oxygen atoms in total. The van der Waals surface area contributed by atoms with Crippen molar-refractivity contribution in [2.24, 2.45) is 0 Å². The zero-order valence-corrected chi connectivity index (χ0v) is 7.73. The van der Waals surface area contributed by atoms with Crippen LogP contribution in [0, 0.1) is 0 Å². The van der Waals surface area contributed by atoms with E-state index in [1.807, 2.05) is 6.07 Å². The van der Waals surface area contributed by atoms with E-state index in [4.69, 9.17) is 5.11 Å². The summed E-state index contributed by atoms with van der Waals surface area (Å²) in [6.45, 7) is 0. The van der Waals surface area contributed by atoms with Gasteiger partial charge in [-0.25, -0.2) is 4.79 Å². The third kappa shape index (κ3) is 1.83. The van der Waals surface area contributed by atoms with Gasteiger partial charge in [-0.05, 0) is 11.5 Å². The van der Waals surface area contributed by atoms with Gasteiger partial charge in [0.25, 0.3) is 0 Å². The summed E-state index contributed by atoms with van der Waals surface area (Å²) in [5.41, 5.74) is 0.428.